The van der Waals surface area contributed by atoms with E-state index in [2.05, 4.69) is 22.2 Å². The molecule has 0 radical (unpaired) electrons. The molecule has 0 heterocycles. The van der Waals surface area contributed by atoms with E-state index >= 15 is 0 Å². The van der Waals surface area contributed by atoms with E-state index in [1.807, 2.05) is 0 Å². The van der Waals surface area contributed by atoms with Crippen LogP contribution in [0.25, 0.3) is 0 Å². The van der Waals surface area contributed by atoms with Crippen LogP contribution in [0.2, 0.25) is 0 Å². The van der Waals surface area contributed by atoms with E-state index in [4.69, 9.17) is 22.3 Å². The molecule has 0 unspecified atom stereocenters. The summed E-state index contributed by atoms with van der Waals surface area (Å²) in [6.45, 7) is 0. The van der Waals surface area contributed by atoms with E-state index in [9.17, 15) is 9.90 Å². The van der Waals surface area contributed by atoms with Gasteiger partial charge >= 0.3 is 11.9 Å². The number of nitrogens with one attached hydrogen (secondary N) is 1. The van der Waals surface area contributed by atoms with Gasteiger partial charge in [-0.3, -0.25) is 4.99 Å². The lowest BCUT2D eigenvalue weighted by Crippen LogP contribution is -2.83. The Bertz CT molecular complexity index is 817. The molecule has 0 aliphatic carbocycles. The number of aliphatic imine (C=N–C) groups is 1. The Balaban J connectivity index is 0.000000381. The van der Waals surface area contributed by atoms with E-state index in [1.54, 1.807) is 30.3 Å². The molecule has 25 heavy (non-hydrogen) atoms. The van der Waals surface area contributed by atoms with Crippen molar-refractivity contribution in [3.63, 3.8) is 0 Å². The summed E-state index contributed by atoms with van der Waals surface area (Å²) in [5, 5.41) is 20.4. The summed E-state index contributed by atoms with van der Waals surface area (Å²) >= 11 is 4.36. The molecule has 0 aromatic heterocycles. The Kier molecular flexibility index (Phi) is 7.54. The number of thiocarbonyl (C=S) groups is 1. The van der Waals surface area contributed by atoms with Crippen LogP contribution >= 0.6 is 12.2 Å². The first-order chi connectivity index (χ1) is 11.8. The van der Waals surface area contributed by atoms with Gasteiger partial charge in [0, 0.05) is 6.21 Å². The van der Waals surface area contributed by atoms with Gasteiger partial charge in [-0.1, -0.05) is 30.3 Å². The van der Waals surface area contributed by atoms with Crippen molar-refractivity contribution in [3.05, 3.63) is 59.7 Å². The number of carboxylic acid groups (broad SMARTS) is 1. The van der Waals surface area contributed by atoms with E-state index in [1.165, 1.54) is 24.4 Å². The highest BCUT2D eigenvalue weighted by Gasteiger charge is 2.01. The van der Waals surface area contributed by atoms with Crippen molar-refractivity contribution in [1.82, 2.24) is 0 Å². The zero-order valence-electron chi connectivity index (χ0n) is 13.0. The molecule has 0 fully saturated rings. The highest BCUT2D eigenvalue weighted by molar-refractivity contribution is 7.79. The van der Waals surface area contributed by atoms with Crippen molar-refractivity contribution in [2.24, 2.45) is 22.2 Å². The number of nitrogens with two attached hydrogens (primary N) is 3. The molecule has 2 aromatic carbocycles. The molecule has 0 spiro atoms. The van der Waals surface area contributed by atoms with Gasteiger partial charge in [-0.05, 0) is 36.0 Å². The van der Waals surface area contributed by atoms with Gasteiger partial charge in [0.05, 0.1) is 11.3 Å². The SMILES string of the molecule is NC(=S)[NH+]=C(N)N.O=C(O)c1cccc(N=Cc2ccccc2[O-])c1. The zero-order valence-corrected chi connectivity index (χ0v) is 13.9. The van der Waals surface area contributed by atoms with Crippen molar-refractivity contribution in [2.45, 2.75) is 0 Å². The average Bonchev–Trinajstić information content (AvgIpc) is 2.53. The highest BCUT2D eigenvalue weighted by Crippen LogP contribution is 2.16. The van der Waals surface area contributed by atoms with Crippen molar-refractivity contribution >= 4 is 41.2 Å². The Hall–Kier alpha value is -3.46. The van der Waals surface area contributed by atoms with Gasteiger partial charge in [0.15, 0.2) is 0 Å². The standard InChI is InChI=1S/C14H11NO3.C2H6N4S/c16-13-7-2-1-4-11(13)9-15-12-6-3-5-10(8-12)14(17)18;3-1(4)6-2(5)7/h1-9,16H,(H,17,18);(H6,3,4,5,6,7). The summed E-state index contributed by atoms with van der Waals surface area (Å²) in [4.78, 5) is 17.2. The number of nitrogens with zero attached hydrogens (tertiary/aromatic N) is 1. The maximum atomic E-state index is 11.4. The summed E-state index contributed by atoms with van der Waals surface area (Å²) in [5.74, 6) is -1.10. The predicted molar refractivity (Wildman–Crippen MR) is 97.7 cm³/mol. The van der Waals surface area contributed by atoms with Gasteiger partial charge in [0.1, 0.15) is 0 Å². The molecule has 130 valence electrons. The lowest BCUT2D eigenvalue weighted by Gasteiger charge is -2.07. The topological polar surface area (TPSA) is 165 Å². The molecule has 0 aliphatic heterocycles. The lowest BCUT2D eigenvalue weighted by molar-refractivity contribution is -0.315. The number of guanidine groups is 1. The Morgan fingerprint density at radius 3 is 2.36 bits per heavy atom. The molecule has 0 atom stereocenters. The molecule has 0 saturated carbocycles. The molecule has 2 aromatic rings. The Morgan fingerprint density at radius 1 is 1.16 bits per heavy atom. The highest BCUT2D eigenvalue weighted by atomic mass is 32.1. The molecule has 0 aliphatic rings. The maximum absolute atomic E-state index is 11.4. The van der Waals surface area contributed by atoms with Gasteiger partial charge < -0.3 is 27.4 Å². The third kappa shape index (κ3) is 7.57. The van der Waals surface area contributed by atoms with Gasteiger partial charge in [0.25, 0.3) is 5.11 Å². The van der Waals surface area contributed by atoms with Crippen molar-refractivity contribution in [2.75, 3.05) is 0 Å². The average molecular weight is 359 g/mol. The molecular formula is C16H17N5O3S. The van der Waals surface area contributed by atoms with Crippen LogP contribution in [-0.4, -0.2) is 28.4 Å². The van der Waals surface area contributed by atoms with Crippen LogP contribution in [0.3, 0.4) is 0 Å². The molecule has 8 N–H and O–H groups in total. The minimum atomic E-state index is -1.00. The molecule has 9 heteroatoms. The van der Waals surface area contributed by atoms with E-state index in [0.29, 0.717) is 11.3 Å². The van der Waals surface area contributed by atoms with Crippen LogP contribution in [0.15, 0.2) is 53.5 Å². The quantitative estimate of drug-likeness (QED) is 0.261. The second-order valence-corrected chi connectivity index (χ2v) is 5.04. The van der Waals surface area contributed by atoms with Crippen LogP contribution in [0.5, 0.6) is 5.75 Å². The summed E-state index contributed by atoms with van der Waals surface area (Å²) in [6.07, 6.45) is 1.43. The largest absolute Gasteiger partial charge is 0.872 e. The van der Waals surface area contributed by atoms with Crippen molar-refractivity contribution < 1.29 is 20.0 Å². The smallest absolute Gasteiger partial charge is 0.335 e. The second kappa shape index (κ2) is 9.63. The summed E-state index contributed by atoms with van der Waals surface area (Å²) in [7, 11) is 0. The van der Waals surface area contributed by atoms with Crippen LogP contribution in [-0.2, 0) is 0 Å². The molecule has 0 bridgehead atoms. The number of benzene rings is 2. The van der Waals surface area contributed by atoms with Gasteiger partial charge in [-0.15, -0.1) is 5.75 Å². The molecular weight excluding hydrogens is 342 g/mol. The first-order valence-electron chi connectivity index (χ1n) is 6.87. The fourth-order valence-corrected chi connectivity index (χ4v) is 1.71. The van der Waals surface area contributed by atoms with E-state index in [-0.39, 0.29) is 22.4 Å². The first kappa shape index (κ1) is 19.6. The molecule has 2 rings (SSSR count). The summed E-state index contributed by atoms with van der Waals surface area (Å²) in [5.41, 5.74) is 15.9. The molecule has 0 amide bonds. The maximum Gasteiger partial charge on any atom is 0.335 e. The third-order valence-electron chi connectivity index (χ3n) is 2.63. The van der Waals surface area contributed by atoms with Crippen LogP contribution in [0.1, 0.15) is 15.9 Å². The second-order valence-electron chi connectivity index (χ2n) is 4.60. The Morgan fingerprint density at radius 2 is 1.84 bits per heavy atom. The van der Waals surface area contributed by atoms with Crippen LogP contribution in [0.4, 0.5) is 5.69 Å². The third-order valence-corrected chi connectivity index (χ3v) is 2.73. The van der Waals surface area contributed by atoms with Crippen molar-refractivity contribution in [1.29, 1.82) is 0 Å². The van der Waals surface area contributed by atoms with E-state index < -0.39 is 5.97 Å². The zero-order chi connectivity index (χ0) is 18.8. The minimum absolute atomic E-state index is 0.0208. The lowest BCUT2D eigenvalue weighted by atomic mass is 10.2. The number of hydrogen-bond donors (Lipinski definition) is 5. The van der Waals surface area contributed by atoms with Gasteiger partial charge in [-0.2, -0.15) is 0 Å². The summed E-state index contributed by atoms with van der Waals surface area (Å²) < 4.78 is 0. The molecule has 0 saturated heterocycles. The van der Waals surface area contributed by atoms with Crippen molar-refractivity contribution in [3.8, 4) is 5.75 Å². The fourth-order valence-electron chi connectivity index (χ4n) is 1.59. The van der Waals surface area contributed by atoms with E-state index in [0.717, 1.165) is 0 Å². The van der Waals surface area contributed by atoms with Gasteiger partial charge in [0.2, 0.25) is 0 Å². The number of carbonyl (C=O) groups is 1. The monoisotopic (exact) mass is 359 g/mol. The number of para-hydroxylation sites is 1. The minimum Gasteiger partial charge on any atom is -0.872 e. The number of aromatic carboxylic acids is 1. The molecule has 8 nitrogen and oxygen atoms in total. The van der Waals surface area contributed by atoms with Gasteiger partial charge in [-0.25, -0.2) is 9.79 Å². The number of rotatable bonds is 3. The summed E-state index contributed by atoms with van der Waals surface area (Å²) in [6, 6.07) is 12.7. The number of hydrogen-bond acceptors (Lipinski definition) is 4. The normalized spacial score (nSPS) is 9.76. The number of carboxylic acids is 1. The predicted octanol–water partition coefficient (Wildman–Crippen LogP) is -1.21. The Labute approximate surface area is 149 Å². The van der Waals surface area contributed by atoms with Crippen LogP contribution in [0, 0.1) is 0 Å². The fraction of sp³-hybridized carbons (Fsp3) is 0. The first-order valence-corrected chi connectivity index (χ1v) is 7.28. The van der Waals surface area contributed by atoms with Crippen LogP contribution < -0.4 is 27.3 Å².